The van der Waals surface area contributed by atoms with Gasteiger partial charge in [0.1, 0.15) is 6.10 Å². The van der Waals surface area contributed by atoms with Gasteiger partial charge in [-0.05, 0) is 95.7 Å². The highest BCUT2D eigenvalue weighted by Crippen LogP contribution is 2.64. The van der Waals surface area contributed by atoms with Crippen molar-refractivity contribution in [3.63, 3.8) is 0 Å². The van der Waals surface area contributed by atoms with Crippen LogP contribution >= 0.6 is 0 Å². The van der Waals surface area contributed by atoms with E-state index in [0.29, 0.717) is 23.5 Å². The van der Waals surface area contributed by atoms with E-state index in [9.17, 15) is 9.59 Å². The number of carbonyl (C=O) groups excluding carboxylic acids is 2. The molecular formula is C32H36O3. The van der Waals surface area contributed by atoms with Crippen LogP contribution in [0.1, 0.15) is 71.3 Å². The molecule has 0 saturated heterocycles. The molecule has 0 aliphatic heterocycles. The Kier molecular flexibility index (Phi) is 5.32. The molecule has 0 amide bonds. The highest BCUT2D eigenvalue weighted by Gasteiger charge is 2.60. The summed E-state index contributed by atoms with van der Waals surface area (Å²) in [6.45, 7) is 6.21. The van der Waals surface area contributed by atoms with Gasteiger partial charge in [-0.15, -0.1) is 0 Å². The van der Waals surface area contributed by atoms with E-state index >= 15 is 0 Å². The fourth-order valence-electron chi connectivity index (χ4n) is 8.26. The van der Waals surface area contributed by atoms with Crippen LogP contribution in [0.15, 0.2) is 59.7 Å². The van der Waals surface area contributed by atoms with Gasteiger partial charge in [0, 0.05) is 18.8 Å². The molecule has 2 aromatic carbocycles. The predicted molar refractivity (Wildman–Crippen MR) is 140 cm³/mol. The Labute approximate surface area is 208 Å². The molecule has 3 nitrogen and oxygen atoms in total. The van der Waals surface area contributed by atoms with Crippen molar-refractivity contribution in [1.82, 2.24) is 0 Å². The molecule has 6 atom stereocenters. The van der Waals surface area contributed by atoms with Gasteiger partial charge in [-0.1, -0.05) is 61.9 Å². The van der Waals surface area contributed by atoms with Crippen molar-refractivity contribution in [3.8, 4) is 0 Å². The van der Waals surface area contributed by atoms with E-state index in [0.717, 1.165) is 56.1 Å². The molecule has 3 fully saturated rings. The predicted octanol–water partition coefficient (Wildman–Crippen LogP) is 7.30. The maximum atomic E-state index is 13.8. The van der Waals surface area contributed by atoms with Crippen molar-refractivity contribution in [1.29, 1.82) is 0 Å². The zero-order valence-corrected chi connectivity index (χ0v) is 21.2. The summed E-state index contributed by atoms with van der Waals surface area (Å²) in [5.41, 5.74) is 3.59. The van der Waals surface area contributed by atoms with Crippen molar-refractivity contribution in [2.24, 2.45) is 28.6 Å². The first-order valence-corrected chi connectivity index (χ1v) is 13.4. The average Bonchev–Trinajstić information content (AvgIpc) is 3.09. The summed E-state index contributed by atoms with van der Waals surface area (Å²) in [4.78, 5) is 25.3. The molecular weight excluding hydrogens is 432 g/mol. The highest BCUT2D eigenvalue weighted by atomic mass is 16.5. The Hall–Kier alpha value is -2.68. The number of Topliss-reactive ketones (excluding diaryl/α,β-unsaturated/α-hetero) is 1. The first-order valence-electron chi connectivity index (χ1n) is 13.4. The third-order valence-corrected chi connectivity index (χ3v) is 10.1. The van der Waals surface area contributed by atoms with Crippen molar-refractivity contribution < 1.29 is 14.3 Å². The second-order valence-electron chi connectivity index (χ2n) is 12.0. The number of carbonyl (C=O) groups is 2. The molecule has 4 aliphatic rings. The minimum absolute atomic E-state index is 0.0294. The molecule has 0 N–H and O–H groups in total. The summed E-state index contributed by atoms with van der Waals surface area (Å²) in [6, 6.07) is 14.9. The monoisotopic (exact) mass is 468 g/mol. The topological polar surface area (TPSA) is 43.4 Å². The fraction of sp³-hybridized carbons (Fsp3) is 0.500. The molecule has 0 bridgehead atoms. The van der Waals surface area contributed by atoms with Gasteiger partial charge in [0.05, 0.1) is 0 Å². The van der Waals surface area contributed by atoms with Gasteiger partial charge in [0.2, 0.25) is 0 Å². The van der Waals surface area contributed by atoms with Gasteiger partial charge in [-0.3, -0.25) is 9.59 Å². The normalized spacial score (nSPS) is 37.4. The maximum Gasteiger partial charge on any atom is 0.302 e. The molecule has 2 aromatic rings. The highest BCUT2D eigenvalue weighted by molar-refractivity contribution is 6.06. The van der Waals surface area contributed by atoms with Gasteiger partial charge >= 0.3 is 5.97 Å². The van der Waals surface area contributed by atoms with Crippen molar-refractivity contribution in [2.75, 3.05) is 0 Å². The van der Waals surface area contributed by atoms with E-state index in [1.54, 1.807) is 0 Å². The second-order valence-corrected chi connectivity index (χ2v) is 12.0. The minimum Gasteiger partial charge on any atom is -0.462 e. The molecule has 3 heteroatoms. The lowest BCUT2D eigenvalue weighted by atomic mass is 9.48. The number of ether oxygens (including phenoxy) is 1. The van der Waals surface area contributed by atoms with Crippen LogP contribution in [0.2, 0.25) is 0 Å². The summed E-state index contributed by atoms with van der Waals surface area (Å²) in [5.74, 6) is 1.80. The quantitative estimate of drug-likeness (QED) is 0.264. The number of hydrogen-bond donors (Lipinski definition) is 0. The van der Waals surface area contributed by atoms with Crippen LogP contribution in [0.5, 0.6) is 0 Å². The third-order valence-electron chi connectivity index (χ3n) is 10.1. The third kappa shape index (κ3) is 3.61. The molecule has 182 valence electrons. The molecule has 35 heavy (non-hydrogen) atoms. The summed E-state index contributed by atoms with van der Waals surface area (Å²) in [5, 5.41) is 2.45. The number of ketones is 1. The van der Waals surface area contributed by atoms with Crippen molar-refractivity contribution in [2.45, 2.75) is 71.8 Å². The van der Waals surface area contributed by atoms with Gasteiger partial charge in [0.25, 0.3) is 0 Å². The standard InChI is InChI=1S/C32H36O3/c1-20(33)35-26-12-14-31(2)25(19-26)10-11-27-28(31)13-15-32(3)29(27)18-24(30(32)34)17-21-8-9-22-6-4-5-7-23(22)16-21/h4-10,16-17,26-29H,11-15,18-19H2,1-3H3. The molecule has 0 aromatic heterocycles. The number of benzene rings is 2. The summed E-state index contributed by atoms with van der Waals surface area (Å²) in [6.07, 6.45) is 11.6. The number of fused-ring (bicyclic) bond motifs is 6. The maximum absolute atomic E-state index is 13.8. The minimum atomic E-state index is -0.236. The zero-order valence-electron chi connectivity index (χ0n) is 21.2. The summed E-state index contributed by atoms with van der Waals surface area (Å²) in [7, 11) is 0. The molecule has 6 rings (SSSR count). The van der Waals surface area contributed by atoms with E-state index in [1.807, 2.05) is 0 Å². The Bertz CT molecular complexity index is 1270. The Morgan fingerprint density at radius 3 is 2.54 bits per heavy atom. The summed E-state index contributed by atoms with van der Waals surface area (Å²) >= 11 is 0. The van der Waals surface area contributed by atoms with Crippen LogP contribution in [0, 0.1) is 28.6 Å². The van der Waals surface area contributed by atoms with Crippen molar-refractivity contribution >= 4 is 28.6 Å². The Morgan fingerprint density at radius 2 is 1.74 bits per heavy atom. The average molecular weight is 469 g/mol. The SMILES string of the molecule is CC(=O)OC1CCC2(C)C(=CCC3C4CC(=Cc5ccc6ccccc6c5)C(=O)C4(C)CCC32)C1. The first kappa shape index (κ1) is 22.8. The van der Waals surface area contributed by atoms with Crippen LogP contribution in [0.4, 0.5) is 0 Å². The van der Waals surface area contributed by atoms with Crippen LogP contribution in [-0.2, 0) is 14.3 Å². The van der Waals surface area contributed by atoms with Gasteiger partial charge in [-0.25, -0.2) is 0 Å². The number of esters is 1. The van der Waals surface area contributed by atoms with Crippen LogP contribution in [0.25, 0.3) is 16.8 Å². The number of hydrogen-bond acceptors (Lipinski definition) is 3. The van der Waals surface area contributed by atoms with E-state index in [-0.39, 0.29) is 22.9 Å². The molecule has 4 aliphatic carbocycles. The van der Waals surface area contributed by atoms with Gasteiger partial charge < -0.3 is 4.74 Å². The zero-order chi connectivity index (χ0) is 24.4. The van der Waals surface area contributed by atoms with E-state index in [1.165, 1.54) is 23.3 Å². The molecule has 0 heterocycles. The first-order chi connectivity index (χ1) is 16.8. The van der Waals surface area contributed by atoms with E-state index in [2.05, 4.69) is 68.5 Å². The Morgan fingerprint density at radius 1 is 0.971 bits per heavy atom. The van der Waals surface area contributed by atoms with Crippen molar-refractivity contribution in [3.05, 3.63) is 65.3 Å². The number of rotatable bonds is 2. The second kappa shape index (κ2) is 8.18. The molecule has 0 radical (unpaired) electrons. The molecule has 6 unspecified atom stereocenters. The van der Waals surface area contributed by atoms with Gasteiger partial charge in [0.15, 0.2) is 5.78 Å². The molecule has 0 spiro atoms. The number of allylic oxidation sites excluding steroid dienone is 2. The molecule has 3 saturated carbocycles. The van der Waals surface area contributed by atoms with E-state index < -0.39 is 0 Å². The Balaban J connectivity index is 1.29. The lowest BCUT2D eigenvalue weighted by Crippen LogP contribution is -2.50. The summed E-state index contributed by atoms with van der Waals surface area (Å²) < 4.78 is 5.59. The largest absolute Gasteiger partial charge is 0.462 e. The van der Waals surface area contributed by atoms with Crippen LogP contribution in [0.3, 0.4) is 0 Å². The lowest BCUT2D eigenvalue weighted by molar-refractivity contribution is -0.148. The van der Waals surface area contributed by atoms with Crippen LogP contribution in [-0.4, -0.2) is 17.9 Å². The lowest BCUT2D eigenvalue weighted by Gasteiger charge is -2.56. The fourth-order valence-corrected chi connectivity index (χ4v) is 8.26. The van der Waals surface area contributed by atoms with Crippen LogP contribution < -0.4 is 0 Å². The van der Waals surface area contributed by atoms with E-state index in [4.69, 9.17) is 4.74 Å². The van der Waals surface area contributed by atoms with Gasteiger partial charge in [-0.2, -0.15) is 0 Å². The smallest absolute Gasteiger partial charge is 0.302 e.